The molecule has 3 nitrogen and oxygen atoms in total. The Hall–Kier alpha value is -0.940. The molecule has 1 rings (SSSR count). The van der Waals surface area contributed by atoms with Crippen molar-refractivity contribution in [2.45, 2.75) is 19.9 Å². The Labute approximate surface area is 108 Å². The fraction of sp³-hybridized carbons (Fsp3) is 0.417. The van der Waals surface area contributed by atoms with Gasteiger partial charge in [-0.25, -0.2) is 4.39 Å². The van der Waals surface area contributed by atoms with Crippen LogP contribution in [0, 0.1) is 5.82 Å². The van der Waals surface area contributed by atoms with Crippen LogP contribution in [0.15, 0.2) is 22.7 Å². The van der Waals surface area contributed by atoms with Gasteiger partial charge in [0.15, 0.2) is 0 Å². The molecule has 0 aliphatic rings. The molecule has 0 aliphatic heterocycles. The number of nitrogens with one attached hydrogen (secondary N) is 1. The number of hydrogen-bond acceptors (Lipinski definition) is 3. The average Bonchev–Trinajstić information content (AvgIpc) is 2.27. The monoisotopic (exact) mass is 303 g/mol. The first-order valence-corrected chi connectivity index (χ1v) is 6.23. The molecule has 0 spiro atoms. The molecular weight excluding hydrogens is 289 g/mol. The number of rotatable bonds is 6. The number of hydrogen-bond donors (Lipinski definition) is 1. The molecule has 17 heavy (non-hydrogen) atoms. The lowest BCUT2D eigenvalue weighted by atomic mass is 10.2. The van der Waals surface area contributed by atoms with E-state index in [1.165, 1.54) is 12.1 Å². The number of benzene rings is 1. The molecule has 0 aromatic heterocycles. The van der Waals surface area contributed by atoms with Crippen LogP contribution in [0.3, 0.4) is 0 Å². The van der Waals surface area contributed by atoms with Gasteiger partial charge in [0.25, 0.3) is 0 Å². The largest absolute Gasteiger partial charge is 0.466 e. The van der Waals surface area contributed by atoms with Crippen LogP contribution in [0.1, 0.15) is 18.9 Å². The van der Waals surface area contributed by atoms with Crippen LogP contribution in [0.5, 0.6) is 0 Å². The summed E-state index contributed by atoms with van der Waals surface area (Å²) in [6, 6.07) is 4.53. The zero-order chi connectivity index (χ0) is 12.7. The minimum atomic E-state index is -0.271. The van der Waals surface area contributed by atoms with Crippen molar-refractivity contribution in [3.8, 4) is 0 Å². The third kappa shape index (κ3) is 5.28. The van der Waals surface area contributed by atoms with Gasteiger partial charge in [-0.15, -0.1) is 0 Å². The van der Waals surface area contributed by atoms with Gasteiger partial charge in [-0.3, -0.25) is 4.79 Å². The smallest absolute Gasteiger partial charge is 0.307 e. The van der Waals surface area contributed by atoms with E-state index in [0.29, 0.717) is 26.1 Å². The third-order valence-corrected chi connectivity index (χ3v) is 2.88. The third-order valence-electron chi connectivity index (χ3n) is 2.14. The molecule has 0 radical (unpaired) electrons. The summed E-state index contributed by atoms with van der Waals surface area (Å²) in [5.41, 5.74) is 0.954. The number of halogens is 2. The van der Waals surface area contributed by atoms with Gasteiger partial charge >= 0.3 is 5.97 Å². The highest BCUT2D eigenvalue weighted by atomic mass is 79.9. The molecule has 1 aromatic rings. The SMILES string of the molecule is CCOC(=O)CCNCc1ccc(F)cc1Br. The van der Waals surface area contributed by atoms with E-state index in [0.717, 1.165) is 10.0 Å². The van der Waals surface area contributed by atoms with E-state index in [-0.39, 0.29) is 11.8 Å². The molecule has 0 atom stereocenters. The molecule has 0 bridgehead atoms. The summed E-state index contributed by atoms with van der Waals surface area (Å²) in [6.45, 7) is 3.31. The number of carbonyl (C=O) groups excluding carboxylic acids is 1. The van der Waals surface area contributed by atoms with Crippen molar-refractivity contribution < 1.29 is 13.9 Å². The van der Waals surface area contributed by atoms with E-state index in [2.05, 4.69) is 21.2 Å². The zero-order valence-electron chi connectivity index (χ0n) is 9.63. The molecule has 5 heteroatoms. The Morgan fingerprint density at radius 3 is 2.94 bits per heavy atom. The summed E-state index contributed by atoms with van der Waals surface area (Å²) in [5, 5.41) is 3.10. The normalized spacial score (nSPS) is 10.3. The van der Waals surface area contributed by atoms with Crippen molar-refractivity contribution in [3.63, 3.8) is 0 Å². The van der Waals surface area contributed by atoms with Crippen molar-refractivity contribution in [2.24, 2.45) is 0 Å². The Bertz CT molecular complexity index is 385. The van der Waals surface area contributed by atoms with Crippen molar-refractivity contribution in [1.82, 2.24) is 5.32 Å². The standard InChI is InChI=1S/C12H15BrFNO2/c1-2-17-12(16)5-6-15-8-9-3-4-10(14)7-11(9)13/h3-4,7,15H,2,5-6,8H2,1H3. The first kappa shape index (κ1) is 14.1. The lowest BCUT2D eigenvalue weighted by molar-refractivity contribution is -0.142. The molecule has 1 aromatic carbocycles. The van der Waals surface area contributed by atoms with E-state index >= 15 is 0 Å². The predicted octanol–water partition coefficient (Wildman–Crippen LogP) is 2.63. The van der Waals surface area contributed by atoms with E-state index in [4.69, 9.17) is 4.74 Å². The second-order valence-electron chi connectivity index (χ2n) is 3.47. The Balaban J connectivity index is 2.29. The maximum Gasteiger partial charge on any atom is 0.307 e. The van der Waals surface area contributed by atoms with Crippen LogP contribution >= 0.6 is 15.9 Å². The molecule has 0 unspecified atom stereocenters. The van der Waals surface area contributed by atoms with Gasteiger partial charge < -0.3 is 10.1 Å². The lowest BCUT2D eigenvalue weighted by Gasteiger charge is -2.06. The fourth-order valence-electron chi connectivity index (χ4n) is 1.31. The van der Waals surface area contributed by atoms with E-state index < -0.39 is 0 Å². The molecule has 0 saturated heterocycles. The molecule has 1 N–H and O–H groups in total. The molecule has 94 valence electrons. The van der Waals surface area contributed by atoms with Crippen LogP contribution in [0.2, 0.25) is 0 Å². The summed E-state index contributed by atoms with van der Waals surface area (Å²) in [6.07, 6.45) is 0.340. The van der Waals surface area contributed by atoms with Crippen LogP contribution < -0.4 is 5.32 Å². The fourth-order valence-corrected chi connectivity index (χ4v) is 1.80. The summed E-state index contributed by atoms with van der Waals surface area (Å²) in [5.74, 6) is -0.481. The average molecular weight is 304 g/mol. The van der Waals surface area contributed by atoms with Crippen molar-refractivity contribution >= 4 is 21.9 Å². The quantitative estimate of drug-likeness (QED) is 0.648. The minimum Gasteiger partial charge on any atom is -0.466 e. The summed E-state index contributed by atoms with van der Waals surface area (Å²) in [7, 11) is 0. The first-order chi connectivity index (χ1) is 8.13. The van der Waals surface area contributed by atoms with Crippen molar-refractivity contribution in [2.75, 3.05) is 13.2 Å². The highest BCUT2D eigenvalue weighted by Gasteiger charge is 2.03. The zero-order valence-corrected chi connectivity index (χ0v) is 11.2. The maximum atomic E-state index is 12.8. The van der Waals surface area contributed by atoms with Crippen molar-refractivity contribution in [1.29, 1.82) is 0 Å². The Morgan fingerprint density at radius 2 is 2.29 bits per heavy atom. The van der Waals surface area contributed by atoms with Gasteiger partial charge in [-0.2, -0.15) is 0 Å². The van der Waals surface area contributed by atoms with E-state index in [1.54, 1.807) is 13.0 Å². The van der Waals surface area contributed by atoms with Gasteiger partial charge in [0, 0.05) is 17.6 Å². The van der Waals surface area contributed by atoms with Crippen molar-refractivity contribution in [3.05, 3.63) is 34.1 Å². The topological polar surface area (TPSA) is 38.3 Å². The number of esters is 1. The lowest BCUT2D eigenvalue weighted by Crippen LogP contribution is -2.19. The van der Waals surface area contributed by atoms with Crippen LogP contribution in [0.25, 0.3) is 0 Å². The Morgan fingerprint density at radius 1 is 1.53 bits per heavy atom. The highest BCUT2D eigenvalue weighted by Crippen LogP contribution is 2.17. The van der Waals surface area contributed by atoms with E-state index in [9.17, 15) is 9.18 Å². The Kier molecular flexibility index (Phi) is 6.15. The summed E-state index contributed by atoms with van der Waals surface area (Å²) >= 11 is 3.28. The minimum absolute atomic E-state index is 0.210. The maximum absolute atomic E-state index is 12.8. The highest BCUT2D eigenvalue weighted by molar-refractivity contribution is 9.10. The predicted molar refractivity (Wildman–Crippen MR) is 67.1 cm³/mol. The molecule has 0 heterocycles. The summed E-state index contributed by atoms with van der Waals surface area (Å²) in [4.78, 5) is 11.0. The van der Waals surface area contributed by atoms with Gasteiger partial charge in [0.1, 0.15) is 5.82 Å². The second kappa shape index (κ2) is 7.40. The summed E-state index contributed by atoms with van der Waals surface area (Å²) < 4.78 is 18.3. The van der Waals surface area contributed by atoms with Crippen LogP contribution in [0.4, 0.5) is 4.39 Å². The van der Waals surface area contributed by atoms with Crippen LogP contribution in [-0.2, 0) is 16.1 Å². The van der Waals surface area contributed by atoms with Gasteiger partial charge in [0.05, 0.1) is 13.0 Å². The molecule has 0 amide bonds. The van der Waals surface area contributed by atoms with E-state index in [1.807, 2.05) is 0 Å². The molecular formula is C12H15BrFNO2. The number of carbonyl (C=O) groups is 1. The number of ether oxygens (including phenoxy) is 1. The van der Waals surface area contributed by atoms with Gasteiger partial charge in [-0.1, -0.05) is 22.0 Å². The molecule has 0 saturated carbocycles. The molecule has 0 aliphatic carbocycles. The molecule has 0 fully saturated rings. The van der Waals surface area contributed by atoms with Gasteiger partial charge in [0.2, 0.25) is 0 Å². The van der Waals surface area contributed by atoms with Gasteiger partial charge in [-0.05, 0) is 24.6 Å². The second-order valence-corrected chi connectivity index (χ2v) is 4.32. The van der Waals surface area contributed by atoms with Crippen LogP contribution in [-0.4, -0.2) is 19.1 Å². The first-order valence-electron chi connectivity index (χ1n) is 5.43.